The predicted octanol–water partition coefficient (Wildman–Crippen LogP) is 5.41. The molecule has 2 aromatic carbocycles. The minimum Gasteiger partial charge on any atom is -0.497 e. The Morgan fingerprint density at radius 2 is 1.88 bits per heavy atom. The van der Waals surface area contributed by atoms with Gasteiger partial charge in [0.05, 0.1) is 31.6 Å². The lowest BCUT2D eigenvalue weighted by Gasteiger charge is -2.17. The van der Waals surface area contributed by atoms with E-state index < -0.39 is 6.04 Å². The van der Waals surface area contributed by atoms with Crippen molar-refractivity contribution in [1.29, 1.82) is 0 Å². The SMILES string of the molecule is COc1ccc(OC)c(NC(=O)C(C)n2cnc3sc(C)c(-c4ccc(Br)cc4)c3c2=O)c1. The van der Waals surface area contributed by atoms with Gasteiger partial charge in [0.1, 0.15) is 22.4 Å². The first-order valence-corrected chi connectivity index (χ1v) is 11.7. The number of nitrogens with one attached hydrogen (secondary N) is 1. The van der Waals surface area contributed by atoms with E-state index in [1.165, 1.54) is 29.3 Å². The van der Waals surface area contributed by atoms with E-state index in [1.54, 1.807) is 32.2 Å². The average molecular weight is 528 g/mol. The first-order valence-electron chi connectivity index (χ1n) is 10.1. The molecule has 170 valence electrons. The second-order valence-electron chi connectivity index (χ2n) is 7.41. The number of carbonyl (C=O) groups excluding carboxylic acids is 1. The maximum Gasteiger partial charge on any atom is 0.263 e. The predicted molar refractivity (Wildman–Crippen MR) is 135 cm³/mol. The van der Waals surface area contributed by atoms with Crippen molar-refractivity contribution in [3.63, 3.8) is 0 Å². The highest BCUT2D eigenvalue weighted by molar-refractivity contribution is 9.10. The summed E-state index contributed by atoms with van der Waals surface area (Å²) >= 11 is 4.91. The molecule has 1 unspecified atom stereocenters. The summed E-state index contributed by atoms with van der Waals surface area (Å²) < 4.78 is 12.9. The van der Waals surface area contributed by atoms with Gasteiger partial charge in [0.2, 0.25) is 5.91 Å². The molecule has 9 heteroatoms. The maximum atomic E-state index is 13.5. The number of aromatic nitrogens is 2. The van der Waals surface area contributed by atoms with E-state index in [9.17, 15) is 9.59 Å². The summed E-state index contributed by atoms with van der Waals surface area (Å²) in [7, 11) is 3.06. The van der Waals surface area contributed by atoms with E-state index in [4.69, 9.17) is 9.47 Å². The second-order valence-corrected chi connectivity index (χ2v) is 9.53. The third kappa shape index (κ3) is 4.38. The monoisotopic (exact) mass is 527 g/mol. The lowest BCUT2D eigenvalue weighted by molar-refractivity contribution is -0.118. The van der Waals surface area contributed by atoms with E-state index in [-0.39, 0.29) is 11.5 Å². The maximum absolute atomic E-state index is 13.5. The summed E-state index contributed by atoms with van der Waals surface area (Å²) in [5, 5.41) is 3.35. The van der Waals surface area contributed by atoms with Gasteiger partial charge >= 0.3 is 0 Å². The highest BCUT2D eigenvalue weighted by atomic mass is 79.9. The van der Waals surface area contributed by atoms with Crippen LogP contribution in [0.25, 0.3) is 21.3 Å². The van der Waals surface area contributed by atoms with Crippen LogP contribution in [0.15, 0.2) is 58.1 Å². The van der Waals surface area contributed by atoms with Crippen LogP contribution in [-0.2, 0) is 4.79 Å². The molecule has 7 nitrogen and oxygen atoms in total. The molecule has 1 amide bonds. The van der Waals surface area contributed by atoms with Crippen LogP contribution in [0.2, 0.25) is 0 Å². The van der Waals surface area contributed by atoms with Crippen molar-refractivity contribution in [3.05, 3.63) is 68.5 Å². The van der Waals surface area contributed by atoms with Crippen molar-refractivity contribution in [2.45, 2.75) is 19.9 Å². The molecule has 0 fully saturated rings. The number of amides is 1. The molecule has 0 aliphatic carbocycles. The lowest BCUT2D eigenvalue weighted by atomic mass is 10.0. The fraction of sp³-hybridized carbons (Fsp3) is 0.208. The van der Waals surface area contributed by atoms with Gasteiger partial charge in [-0.1, -0.05) is 28.1 Å². The van der Waals surface area contributed by atoms with Crippen LogP contribution in [0.4, 0.5) is 5.69 Å². The van der Waals surface area contributed by atoms with Gasteiger partial charge in [0.15, 0.2) is 0 Å². The molecular weight excluding hydrogens is 506 g/mol. The Morgan fingerprint density at radius 3 is 2.55 bits per heavy atom. The number of carbonyl (C=O) groups is 1. The van der Waals surface area contributed by atoms with Crippen LogP contribution in [0.1, 0.15) is 17.8 Å². The fourth-order valence-corrected chi connectivity index (χ4v) is 4.90. The minimum absolute atomic E-state index is 0.262. The zero-order valence-corrected chi connectivity index (χ0v) is 20.9. The summed E-state index contributed by atoms with van der Waals surface area (Å²) in [6, 6.07) is 12.1. The first kappa shape index (κ1) is 23.0. The number of hydrogen-bond acceptors (Lipinski definition) is 6. The molecule has 0 aliphatic rings. The van der Waals surface area contributed by atoms with Gasteiger partial charge in [-0.2, -0.15) is 0 Å². The van der Waals surface area contributed by atoms with Crippen LogP contribution >= 0.6 is 27.3 Å². The number of ether oxygens (including phenoxy) is 2. The summed E-state index contributed by atoms with van der Waals surface area (Å²) in [5.41, 5.74) is 1.97. The van der Waals surface area contributed by atoms with Gasteiger partial charge in [-0.05, 0) is 43.7 Å². The third-order valence-corrected chi connectivity index (χ3v) is 6.95. The van der Waals surface area contributed by atoms with E-state index in [2.05, 4.69) is 26.2 Å². The van der Waals surface area contributed by atoms with Gasteiger partial charge in [0.25, 0.3) is 5.56 Å². The molecule has 1 N–H and O–H groups in total. The summed E-state index contributed by atoms with van der Waals surface area (Å²) in [6.07, 6.45) is 1.43. The second kappa shape index (κ2) is 9.36. The van der Waals surface area contributed by atoms with E-state index in [1.807, 2.05) is 31.2 Å². The van der Waals surface area contributed by atoms with Crippen LogP contribution < -0.4 is 20.3 Å². The number of hydrogen-bond donors (Lipinski definition) is 1. The van der Waals surface area contributed by atoms with E-state index in [0.29, 0.717) is 27.4 Å². The number of aryl methyl sites for hydroxylation is 1. The van der Waals surface area contributed by atoms with E-state index >= 15 is 0 Å². The number of nitrogens with zero attached hydrogens (tertiary/aromatic N) is 2. The van der Waals surface area contributed by atoms with Crippen molar-refractivity contribution >= 4 is 49.1 Å². The Balaban J connectivity index is 1.74. The molecule has 1 atom stereocenters. The summed E-state index contributed by atoms with van der Waals surface area (Å²) in [5.74, 6) is 0.692. The Labute approximate surface area is 203 Å². The molecule has 33 heavy (non-hydrogen) atoms. The molecule has 4 aromatic rings. The number of benzene rings is 2. The van der Waals surface area contributed by atoms with Gasteiger partial charge in [-0.3, -0.25) is 14.2 Å². The first-order chi connectivity index (χ1) is 15.8. The van der Waals surface area contributed by atoms with Gasteiger partial charge in [-0.15, -0.1) is 11.3 Å². The van der Waals surface area contributed by atoms with Crippen molar-refractivity contribution in [2.24, 2.45) is 0 Å². The van der Waals surface area contributed by atoms with Crippen LogP contribution in [0, 0.1) is 6.92 Å². The Morgan fingerprint density at radius 1 is 1.15 bits per heavy atom. The van der Waals surface area contributed by atoms with E-state index in [0.717, 1.165) is 20.5 Å². The van der Waals surface area contributed by atoms with Gasteiger partial charge < -0.3 is 14.8 Å². The smallest absolute Gasteiger partial charge is 0.263 e. The zero-order chi connectivity index (χ0) is 23.7. The number of fused-ring (bicyclic) bond motifs is 1. The molecule has 4 rings (SSSR count). The topological polar surface area (TPSA) is 82.4 Å². The largest absolute Gasteiger partial charge is 0.497 e. The van der Waals surface area contributed by atoms with Crippen molar-refractivity contribution in [1.82, 2.24) is 9.55 Å². The Hall–Kier alpha value is -3.17. The molecule has 2 aromatic heterocycles. The summed E-state index contributed by atoms with van der Waals surface area (Å²) in [6.45, 7) is 3.63. The Kier molecular flexibility index (Phi) is 6.53. The van der Waals surface area contributed by atoms with Crippen molar-refractivity contribution in [3.8, 4) is 22.6 Å². The zero-order valence-electron chi connectivity index (χ0n) is 18.5. The number of halogens is 1. The normalized spacial score (nSPS) is 11.9. The molecule has 0 bridgehead atoms. The summed E-state index contributed by atoms with van der Waals surface area (Å²) in [4.78, 5) is 32.7. The van der Waals surface area contributed by atoms with Gasteiger partial charge in [-0.25, -0.2) is 4.98 Å². The third-order valence-electron chi connectivity index (χ3n) is 5.41. The average Bonchev–Trinajstić information content (AvgIpc) is 3.16. The molecular formula is C24H22BrN3O4S. The molecule has 0 radical (unpaired) electrons. The number of thiophene rings is 1. The highest BCUT2D eigenvalue weighted by Crippen LogP contribution is 2.36. The van der Waals surface area contributed by atoms with Crippen LogP contribution in [-0.4, -0.2) is 29.7 Å². The molecule has 0 spiro atoms. The number of rotatable bonds is 6. The van der Waals surface area contributed by atoms with Gasteiger partial charge in [0, 0.05) is 21.0 Å². The molecule has 0 aliphatic heterocycles. The standard InChI is InChI=1S/C24H22BrN3O4S/c1-13(22(29)27-18-11-17(31-3)9-10-19(18)32-4)28-12-26-23-21(24(28)30)20(14(2)33-23)15-5-7-16(25)8-6-15/h5-13H,1-4H3,(H,27,29). The quantitative estimate of drug-likeness (QED) is 0.362. The lowest BCUT2D eigenvalue weighted by Crippen LogP contribution is -2.31. The fourth-order valence-electron chi connectivity index (χ4n) is 3.63. The number of anilines is 1. The number of methoxy groups -OCH3 is 2. The van der Waals surface area contributed by atoms with Crippen LogP contribution in [0.3, 0.4) is 0 Å². The van der Waals surface area contributed by atoms with Crippen molar-refractivity contribution in [2.75, 3.05) is 19.5 Å². The molecule has 0 saturated heterocycles. The molecule has 2 heterocycles. The minimum atomic E-state index is -0.803. The Bertz CT molecular complexity index is 1400. The molecule has 0 saturated carbocycles. The highest BCUT2D eigenvalue weighted by Gasteiger charge is 2.23. The van der Waals surface area contributed by atoms with Crippen LogP contribution in [0.5, 0.6) is 11.5 Å². The van der Waals surface area contributed by atoms with Crippen molar-refractivity contribution < 1.29 is 14.3 Å².